The third kappa shape index (κ3) is 8.14. The molecular formula is C53H50O13. The van der Waals surface area contributed by atoms with Crippen LogP contribution in [0.1, 0.15) is 105 Å². The van der Waals surface area contributed by atoms with Gasteiger partial charge in [0.05, 0.1) is 39.6 Å². The number of Topliss-reactive ketones (excluding diaryl/α,β-unsaturated/α-hetero) is 2. The maximum atomic E-state index is 14.0. The summed E-state index contributed by atoms with van der Waals surface area (Å²) in [6, 6.07) is 21.4. The van der Waals surface area contributed by atoms with Gasteiger partial charge in [-0.25, -0.2) is 14.4 Å². The van der Waals surface area contributed by atoms with E-state index in [1.165, 1.54) is 42.3 Å². The maximum Gasteiger partial charge on any atom is 0.509 e. The van der Waals surface area contributed by atoms with Crippen molar-refractivity contribution in [1.29, 1.82) is 0 Å². The molecule has 66 heavy (non-hydrogen) atoms. The Hall–Kier alpha value is -7.41. The van der Waals surface area contributed by atoms with Crippen molar-refractivity contribution in [2.75, 3.05) is 28.4 Å². The summed E-state index contributed by atoms with van der Waals surface area (Å²) in [7, 11) is 6.13. The number of hydrogen-bond donors (Lipinski definition) is 0. The number of ether oxygens (including phenoxy) is 8. The van der Waals surface area contributed by atoms with Gasteiger partial charge in [0.2, 0.25) is 0 Å². The molecule has 6 aromatic rings. The number of ketones is 2. The molecule has 0 aromatic heterocycles. The summed E-state index contributed by atoms with van der Waals surface area (Å²) in [4.78, 5) is 65.6. The Labute approximate surface area is 381 Å². The first-order valence-electron chi connectivity index (χ1n) is 21.3. The summed E-state index contributed by atoms with van der Waals surface area (Å²) in [5, 5.41) is 2.80. The average molecular weight is 895 g/mol. The van der Waals surface area contributed by atoms with Crippen LogP contribution in [0.5, 0.6) is 23.0 Å². The van der Waals surface area contributed by atoms with E-state index in [1.807, 2.05) is 24.3 Å². The molecule has 2 aliphatic rings. The second kappa shape index (κ2) is 17.2. The van der Waals surface area contributed by atoms with E-state index in [-0.39, 0.29) is 37.6 Å². The Kier molecular flexibility index (Phi) is 11.8. The first kappa shape index (κ1) is 45.2. The van der Waals surface area contributed by atoms with Crippen molar-refractivity contribution >= 4 is 51.2 Å². The second-order valence-electron chi connectivity index (χ2n) is 17.7. The van der Waals surface area contributed by atoms with Gasteiger partial charge < -0.3 is 37.9 Å². The molecule has 13 nitrogen and oxygen atoms in total. The van der Waals surface area contributed by atoms with E-state index in [0.29, 0.717) is 101 Å². The number of rotatable bonds is 14. The lowest BCUT2D eigenvalue weighted by atomic mass is 9.83. The molecule has 0 N–H and O–H groups in total. The molecule has 13 heteroatoms. The highest BCUT2D eigenvalue weighted by atomic mass is 16.7. The minimum Gasteiger partial charge on any atom is -0.493 e. The summed E-state index contributed by atoms with van der Waals surface area (Å²) in [5.41, 5.74) is 4.72. The zero-order chi connectivity index (χ0) is 47.4. The summed E-state index contributed by atoms with van der Waals surface area (Å²) in [5.74, 6) is 0.603. The van der Waals surface area contributed by atoms with Crippen LogP contribution >= 0.6 is 0 Å². The molecule has 0 radical (unpaired) electrons. The van der Waals surface area contributed by atoms with Gasteiger partial charge in [0, 0.05) is 46.2 Å². The van der Waals surface area contributed by atoms with Gasteiger partial charge in [0.1, 0.15) is 24.4 Å². The Morgan fingerprint density at radius 3 is 1.12 bits per heavy atom. The molecule has 0 bridgehead atoms. The maximum absolute atomic E-state index is 14.0. The molecule has 8 rings (SSSR count). The number of cyclic esters (lactones) is 2. The number of esters is 2. The summed E-state index contributed by atoms with van der Waals surface area (Å²) < 4.78 is 46.6. The van der Waals surface area contributed by atoms with Crippen LogP contribution in [0.3, 0.4) is 0 Å². The van der Waals surface area contributed by atoms with Gasteiger partial charge in [-0.3, -0.25) is 9.59 Å². The molecule has 2 heterocycles. The highest BCUT2D eigenvalue weighted by molar-refractivity contribution is 6.14. The first-order chi connectivity index (χ1) is 31.4. The zero-order valence-corrected chi connectivity index (χ0v) is 38.6. The van der Waals surface area contributed by atoms with E-state index in [9.17, 15) is 24.0 Å². The summed E-state index contributed by atoms with van der Waals surface area (Å²) in [6.07, 6.45) is -0.648. The van der Waals surface area contributed by atoms with Gasteiger partial charge in [0.15, 0.2) is 34.6 Å². The van der Waals surface area contributed by atoms with E-state index < -0.39 is 29.3 Å². The molecule has 340 valence electrons. The standard InChI is InChI=1S/C53H50O13/c1-27(54)29-11-15-31(16-12-29)45-35-21-43(61-9)41(59-7)19-33(35)37(39-25-63-49(56)47(39)45)23-52(3,4)65-51(58)66-53(5,6)24-38-34-20-42(60-8)44(62-10)22-36(34)46(48-40(38)26-64-50(48)57)32-17-13-30(14-18-32)28(2)55/h11-22H,23-26H2,1-10H3. The third-order valence-electron chi connectivity index (χ3n) is 12.3. The van der Waals surface area contributed by atoms with Gasteiger partial charge in [-0.05, 0) is 110 Å². The van der Waals surface area contributed by atoms with Gasteiger partial charge in [-0.15, -0.1) is 0 Å². The molecular weight excluding hydrogens is 845 g/mol. The summed E-state index contributed by atoms with van der Waals surface area (Å²) in [6.45, 7) is 10.0. The molecule has 0 saturated heterocycles. The van der Waals surface area contributed by atoms with Crippen molar-refractivity contribution in [3.63, 3.8) is 0 Å². The lowest BCUT2D eigenvalue weighted by Crippen LogP contribution is -2.37. The smallest absolute Gasteiger partial charge is 0.493 e. The van der Waals surface area contributed by atoms with Crippen molar-refractivity contribution in [2.24, 2.45) is 0 Å². The predicted molar refractivity (Wildman–Crippen MR) is 246 cm³/mol. The zero-order valence-electron chi connectivity index (χ0n) is 38.6. The van der Waals surface area contributed by atoms with E-state index in [4.69, 9.17) is 37.9 Å². The Morgan fingerprint density at radius 2 is 0.818 bits per heavy atom. The lowest BCUT2D eigenvalue weighted by Gasteiger charge is -2.31. The topological polar surface area (TPSA) is 159 Å². The highest BCUT2D eigenvalue weighted by Gasteiger charge is 2.38. The van der Waals surface area contributed by atoms with Crippen molar-refractivity contribution in [3.05, 3.63) is 117 Å². The van der Waals surface area contributed by atoms with Gasteiger partial charge in [-0.1, -0.05) is 48.5 Å². The minimum absolute atomic E-state index is 0.0104. The van der Waals surface area contributed by atoms with Crippen LogP contribution < -0.4 is 18.9 Å². The fourth-order valence-electron chi connectivity index (χ4n) is 9.20. The molecule has 0 aliphatic carbocycles. The third-order valence-corrected chi connectivity index (χ3v) is 12.3. The molecule has 0 atom stereocenters. The lowest BCUT2D eigenvalue weighted by molar-refractivity contribution is -0.0582. The number of hydrogen-bond acceptors (Lipinski definition) is 13. The van der Waals surface area contributed by atoms with Crippen LogP contribution in [0.25, 0.3) is 43.8 Å². The van der Waals surface area contributed by atoms with Crippen molar-refractivity contribution < 1.29 is 61.9 Å². The largest absolute Gasteiger partial charge is 0.509 e. The fourth-order valence-corrected chi connectivity index (χ4v) is 9.20. The van der Waals surface area contributed by atoms with E-state index in [0.717, 1.165) is 10.8 Å². The van der Waals surface area contributed by atoms with Crippen LogP contribution in [0.4, 0.5) is 4.79 Å². The number of carbonyl (C=O) groups is 5. The molecule has 0 spiro atoms. The van der Waals surface area contributed by atoms with Crippen molar-refractivity contribution in [2.45, 2.75) is 78.8 Å². The first-order valence-corrected chi connectivity index (χ1v) is 21.3. The van der Waals surface area contributed by atoms with Crippen LogP contribution in [0.15, 0.2) is 72.8 Å². The molecule has 6 aromatic carbocycles. The number of benzene rings is 6. The monoisotopic (exact) mass is 894 g/mol. The average Bonchev–Trinajstić information content (AvgIpc) is 3.86. The Bertz CT molecular complexity index is 2810. The van der Waals surface area contributed by atoms with E-state index in [1.54, 1.807) is 76.2 Å². The number of carbonyl (C=O) groups excluding carboxylic acids is 5. The van der Waals surface area contributed by atoms with Crippen LogP contribution in [-0.2, 0) is 45.0 Å². The Balaban J connectivity index is 1.15. The fraction of sp³-hybridized carbons (Fsp3) is 0.302. The highest BCUT2D eigenvalue weighted by Crippen LogP contribution is 2.48. The van der Waals surface area contributed by atoms with Gasteiger partial charge in [-0.2, -0.15) is 0 Å². The molecule has 0 amide bonds. The minimum atomic E-state index is -1.20. The molecule has 2 aliphatic heterocycles. The second-order valence-corrected chi connectivity index (χ2v) is 17.7. The molecule has 0 fully saturated rings. The quantitative estimate of drug-likeness (QED) is 0.0578. The van der Waals surface area contributed by atoms with Crippen LogP contribution in [0, 0.1) is 0 Å². The SMILES string of the molecule is COc1cc2c(CC(C)(C)OC(=O)OC(C)(C)Cc3c4c(c(-c5ccc(C(C)=O)cc5)c5cc(OC)c(OC)cc35)C(=O)OC4)c3c(c(-c4ccc(C(C)=O)cc4)c2cc1OC)C(=O)OC3. The number of methoxy groups -OCH3 is 4. The normalized spacial score (nSPS) is 13.2. The molecule has 0 unspecified atom stereocenters. The van der Waals surface area contributed by atoms with Crippen LogP contribution in [-0.4, -0.2) is 69.3 Å². The summed E-state index contributed by atoms with van der Waals surface area (Å²) >= 11 is 0. The van der Waals surface area contributed by atoms with Crippen molar-refractivity contribution in [1.82, 2.24) is 0 Å². The van der Waals surface area contributed by atoms with Crippen molar-refractivity contribution in [3.8, 4) is 45.3 Å². The van der Waals surface area contributed by atoms with E-state index >= 15 is 0 Å². The van der Waals surface area contributed by atoms with Gasteiger partial charge >= 0.3 is 18.1 Å². The Morgan fingerprint density at radius 1 is 0.500 bits per heavy atom. The predicted octanol–water partition coefficient (Wildman–Crippen LogP) is 10.6. The van der Waals surface area contributed by atoms with Crippen LogP contribution in [0.2, 0.25) is 0 Å². The van der Waals surface area contributed by atoms with E-state index in [2.05, 4.69) is 0 Å². The molecule has 0 saturated carbocycles. The van der Waals surface area contributed by atoms with Gasteiger partial charge in [0.25, 0.3) is 0 Å². The number of fused-ring (bicyclic) bond motifs is 4.